The first kappa shape index (κ1) is 10.0. The molecule has 0 radical (unpaired) electrons. The zero-order valence-electron chi connectivity index (χ0n) is 9.88. The van der Waals surface area contributed by atoms with Crippen LogP contribution in [0.15, 0.2) is 42.9 Å². The maximum atomic E-state index is 4.55. The highest BCUT2D eigenvalue weighted by Crippen LogP contribution is 2.19. The number of hydrogen-bond acceptors (Lipinski definition) is 2. The van der Waals surface area contributed by atoms with E-state index in [4.69, 9.17) is 0 Å². The van der Waals surface area contributed by atoms with E-state index < -0.39 is 0 Å². The Morgan fingerprint density at radius 3 is 2.53 bits per heavy atom. The summed E-state index contributed by atoms with van der Waals surface area (Å²) >= 11 is 0. The van der Waals surface area contributed by atoms with Crippen LogP contribution in [0.2, 0.25) is 0 Å². The van der Waals surface area contributed by atoms with Crippen LogP contribution in [-0.2, 0) is 0 Å². The molecule has 17 heavy (non-hydrogen) atoms. The minimum absolute atomic E-state index is 0.881. The fraction of sp³-hybridized carbons (Fsp3) is 0.143. The first-order valence-corrected chi connectivity index (χ1v) is 5.61. The number of rotatable bonds is 1. The summed E-state index contributed by atoms with van der Waals surface area (Å²) in [5.74, 6) is 0. The molecule has 0 saturated carbocycles. The molecule has 0 N–H and O–H groups in total. The highest BCUT2D eigenvalue weighted by molar-refractivity contribution is 5.62. The van der Waals surface area contributed by atoms with Crippen LogP contribution in [0.3, 0.4) is 0 Å². The lowest BCUT2D eigenvalue weighted by Gasteiger charge is -1.96. The Balaban J connectivity index is 2.14. The summed E-state index contributed by atoms with van der Waals surface area (Å²) in [6.45, 7) is 4.06. The molecule has 84 valence electrons. The zero-order valence-corrected chi connectivity index (χ0v) is 9.88. The van der Waals surface area contributed by atoms with Gasteiger partial charge in [-0.05, 0) is 13.8 Å². The van der Waals surface area contributed by atoms with Gasteiger partial charge in [-0.25, -0.2) is 4.98 Å². The number of fused-ring (bicyclic) bond motifs is 1. The number of aromatic nitrogens is 3. The predicted octanol–water partition coefficient (Wildman–Crippen LogP) is 3.01. The highest BCUT2D eigenvalue weighted by atomic mass is 15.0. The van der Waals surface area contributed by atoms with Crippen molar-refractivity contribution in [3.8, 4) is 11.3 Å². The maximum absolute atomic E-state index is 4.55. The van der Waals surface area contributed by atoms with E-state index in [9.17, 15) is 0 Å². The third kappa shape index (κ3) is 1.80. The summed E-state index contributed by atoms with van der Waals surface area (Å²) in [6, 6.07) is 8.39. The van der Waals surface area contributed by atoms with E-state index in [0.717, 1.165) is 22.6 Å². The van der Waals surface area contributed by atoms with E-state index in [1.54, 1.807) is 6.20 Å². The van der Waals surface area contributed by atoms with Gasteiger partial charge < -0.3 is 4.40 Å². The van der Waals surface area contributed by atoms with Crippen LogP contribution in [0.1, 0.15) is 11.3 Å². The molecule has 0 spiro atoms. The van der Waals surface area contributed by atoms with Crippen LogP contribution in [0.5, 0.6) is 0 Å². The second-order valence-electron chi connectivity index (χ2n) is 4.29. The van der Waals surface area contributed by atoms with Crippen molar-refractivity contribution in [3.63, 3.8) is 0 Å². The van der Waals surface area contributed by atoms with Gasteiger partial charge in [0.25, 0.3) is 0 Å². The average molecular weight is 223 g/mol. The van der Waals surface area contributed by atoms with Crippen molar-refractivity contribution in [3.05, 3.63) is 54.1 Å². The molecule has 0 fully saturated rings. The fourth-order valence-corrected chi connectivity index (χ4v) is 1.86. The lowest BCUT2D eigenvalue weighted by molar-refractivity contribution is 1.07. The predicted molar refractivity (Wildman–Crippen MR) is 67.9 cm³/mol. The summed E-state index contributed by atoms with van der Waals surface area (Å²) in [5.41, 5.74) is 5.25. The summed E-state index contributed by atoms with van der Waals surface area (Å²) in [4.78, 5) is 8.80. The van der Waals surface area contributed by atoms with Gasteiger partial charge in [0.2, 0.25) is 0 Å². The molecule has 3 aromatic rings. The van der Waals surface area contributed by atoms with Crippen molar-refractivity contribution in [2.45, 2.75) is 13.8 Å². The van der Waals surface area contributed by atoms with E-state index in [-0.39, 0.29) is 0 Å². The van der Waals surface area contributed by atoms with Crippen molar-refractivity contribution in [1.82, 2.24) is 14.4 Å². The topological polar surface area (TPSA) is 30.2 Å². The van der Waals surface area contributed by atoms with E-state index in [1.165, 1.54) is 5.56 Å². The third-order valence-electron chi connectivity index (χ3n) is 2.82. The number of imidazole rings is 1. The highest BCUT2D eigenvalue weighted by Gasteiger charge is 2.04. The molecule has 3 heteroatoms. The Morgan fingerprint density at radius 2 is 1.76 bits per heavy atom. The van der Waals surface area contributed by atoms with Gasteiger partial charge in [0.05, 0.1) is 17.6 Å². The van der Waals surface area contributed by atoms with Crippen LogP contribution in [0, 0.1) is 13.8 Å². The maximum Gasteiger partial charge on any atom is 0.155 e. The lowest BCUT2D eigenvalue weighted by atomic mass is 10.1. The monoisotopic (exact) mass is 223 g/mol. The van der Waals surface area contributed by atoms with E-state index in [2.05, 4.69) is 41.2 Å². The van der Waals surface area contributed by atoms with Crippen molar-refractivity contribution in [1.29, 1.82) is 0 Å². The van der Waals surface area contributed by atoms with Gasteiger partial charge in [-0.2, -0.15) is 0 Å². The van der Waals surface area contributed by atoms with Gasteiger partial charge >= 0.3 is 0 Å². The molecule has 0 bridgehead atoms. The molecule has 2 heterocycles. The first-order valence-electron chi connectivity index (χ1n) is 5.61. The first-order chi connectivity index (χ1) is 8.22. The summed E-state index contributed by atoms with van der Waals surface area (Å²) in [6.07, 6.45) is 5.82. The molecule has 0 aliphatic heterocycles. The molecule has 2 aromatic heterocycles. The Labute approximate surface area is 99.8 Å². The minimum Gasteiger partial charge on any atom is -0.303 e. The second kappa shape index (κ2) is 3.70. The van der Waals surface area contributed by atoms with Gasteiger partial charge in [0.15, 0.2) is 5.65 Å². The van der Waals surface area contributed by atoms with Gasteiger partial charge in [-0.15, -0.1) is 0 Å². The molecular formula is C14H13N3. The summed E-state index contributed by atoms with van der Waals surface area (Å²) in [7, 11) is 0. The zero-order chi connectivity index (χ0) is 11.8. The standard InChI is InChI=1S/C14H13N3/c1-10-3-5-12(6-4-10)13-9-17-8-11(2)15-7-14(17)16-13/h3-9H,1-2H3. The number of hydrogen-bond donors (Lipinski definition) is 0. The van der Waals surface area contributed by atoms with Gasteiger partial charge in [0.1, 0.15) is 0 Å². The van der Waals surface area contributed by atoms with E-state index in [1.807, 2.05) is 23.7 Å². The van der Waals surface area contributed by atoms with Gasteiger partial charge in [-0.1, -0.05) is 29.8 Å². The van der Waals surface area contributed by atoms with Crippen molar-refractivity contribution >= 4 is 5.65 Å². The number of benzene rings is 1. The lowest BCUT2D eigenvalue weighted by Crippen LogP contribution is -1.87. The molecule has 0 saturated heterocycles. The fourth-order valence-electron chi connectivity index (χ4n) is 1.86. The average Bonchev–Trinajstić information content (AvgIpc) is 2.72. The van der Waals surface area contributed by atoms with Crippen LogP contribution in [0.4, 0.5) is 0 Å². The smallest absolute Gasteiger partial charge is 0.155 e. The van der Waals surface area contributed by atoms with Crippen LogP contribution in [0.25, 0.3) is 16.9 Å². The molecule has 0 aliphatic carbocycles. The quantitative estimate of drug-likeness (QED) is 0.634. The Morgan fingerprint density at radius 1 is 1.00 bits per heavy atom. The largest absolute Gasteiger partial charge is 0.303 e. The van der Waals surface area contributed by atoms with Crippen molar-refractivity contribution in [2.75, 3.05) is 0 Å². The van der Waals surface area contributed by atoms with Crippen LogP contribution in [-0.4, -0.2) is 14.4 Å². The number of aryl methyl sites for hydroxylation is 2. The minimum atomic E-state index is 0.881. The van der Waals surface area contributed by atoms with Crippen molar-refractivity contribution < 1.29 is 0 Å². The summed E-state index contributed by atoms with van der Waals surface area (Å²) < 4.78 is 2.01. The number of nitrogens with zero attached hydrogens (tertiary/aromatic N) is 3. The Kier molecular flexibility index (Phi) is 2.18. The molecule has 3 rings (SSSR count). The second-order valence-corrected chi connectivity index (χ2v) is 4.29. The molecule has 0 amide bonds. The Hall–Kier alpha value is -2.16. The molecule has 0 atom stereocenters. The molecular weight excluding hydrogens is 210 g/mol. The Bertz CT molecular complexity index is 666. The summed E-state index contributed by atoms with van der Waals surface area (Å²) in [5, 5.41) is 0. The third-order valence-corrected chi connectivity index (χ3v) is 2.82. The molecule has 0 unspecified atom stereocenters. The molecule has 3 nitrogen and oxygen atoms in total. The SMILES string of the molecule is Cc1ccc(-c2cn3cc(C)ncc3n2)cc1. The van der Waals surface area contributed by atoms with Gasteiger partial charge in [0, 0.05) is 18.0 Å². The van der Waals surface area contributed by atoms with E-state index in [0.29, 0.717) is 0 Å². The molecule has 0 aliphatic rings. The molecule has 1 aromatic carbocycles. The van der Waals surface area contributed by atoms with E-state index >= 15 is 0 Å². The van der Waals surface area contributed by atoms with Crippen molar-refractivity contribution in [2.24, 2.45) is 0 Å². The van der Waals surface area contributed by atoms with Gasteiger partial charge in [-0.3, -0.25) is 4.98 Å². The van der Waals surface area contributed by atoms with Crippen LogP contribution < -0.4 is 0 Å². The normalized spacial score (nSPS) is 10.9. The van der Waals surface area contributed by atoms with Crippen LogP contribution >= 0.6 is 0 Å².